The largest absolute Gasteiger partial charge is 0.457 e. The number of para-hydroxylation sites is 1. The second-order valence-electron chi connectivity index (χ2n) is 8.93. The lowest BCUT2D eigenvalue weighted by atomic mass is 10.1. The Labute approximate surface area is 234 Å². The zero-order valence-electron chi connectivity index (χ0n) is 22.1. The van der Waals surface area contributed by atoms with Crippen LogP contribution < -0.4 is 21.1 Å². The number of carbonyl (C=O) groups is 1. The number of nitrogens with two attached hydrogens (primary N) is 1. The van der Waals surface area contributed by atoms with Crippen molar-refractivity contribution in [1.29, 1.82) is 5.26 Å². The van der Waals surface area contributed by atoms with Gasteiger partial charge < -0.3 is 20.5 Å². The minimum atomic E-state index is -4.42. The second kappa shape index (κ2) is 15.8. The number of unbranched alkanes of at least 4 members (excludes halogenated alkanes) is 1. The molecule has 2 aromatic carbocycles. The van der Waals surface area contributed by atoms with E-state index in [1.165, 1.54) is 24.3 Å². The highest BCUT2D eigenvalue weighted by Crippen LogP contribution is 2.25. The maximum Gasteiger partial charge on any atom is 0.265 e. The van der Waals surface area contributed by atoms with E-state index in [-0.39, 0.29) is 15.8 Å². The van der Waals surface area contributed by atoms with Crippen LogP contribution in [0, 0.1) is 11.5 Å². The summed E-state index contributed by atoms with van der Waals surface area (Å²) >= 11 is 0. The smallest absolute Gasteiger partial charge is 0.265 e. The molecule has 216 valence electrons. The number of nitrogens with one attached hydrogen (secondary N) is 2. The number of hydroxylamine groups is 1. The molecule has 0 aromatic heterocycles. The molecule has 0 radical (unpaired) electrons. The lowest BCUT2D eigenvalue weighted by Gasteiger charge is -2.26. The van der Waals surface area contributed by atoms with Crippen LogP contribution in [0.3, 0.4) is 0 Å². The molecule has 13 nitrogen and oxygen atoms in total. The Hall–Kier alpha value is -3.74. The first-order chi connectivity index (χ1) is 19.3. The summed E-state index contributed by atoms with van der Waals surface area (Å²) in [5, 5.41) is 25.1. The molecule has 1 atom stereocenters. The Morgan fingerprint density at radius 3 is 2.48 bits per heavy atom. The second-order valence-corrected chi connectivity index (χ2v) is 10.7. The van der Waals surface area contributed by atoms with Gasteiger partial charge >= 0.3 is 0 Å². The molecule has 1 aliphatic rings. The summed E-state index contributed by atoms with van der Waals surface area (Å²) in [6.45, 7) is 4.78. The highest BCUT2D eigenvalue weighted by atomic mass is 32.2. The first-order valence-electron chi connectivity index (χ1n) is 12.9. The Bertz CT molecular complexity index is 1250. The molecule has 1 fully saturated rings. The summed E-state index contributed by atoms with van der Waals surface area (Å²) < 4.78 is 36.9. The minimum Gasteiger partial charge on any atom is -0.457 e. The summed E-state index contributed by atoms with van der Waals surface area (Å²) in [5.41, 5.74) is 5.42. The number of benzene rings is 2. The van der Waals surface area contributed by atoms with Crippen molar-refractivity contribution in [3.63, 3.8) is 0 Å². The molecule has 1 aliphatic heterocycles. The van der Waals surface area contributed by atoms with Crippen LogP contribution in [0.2, 0.25) is 0 Å². The maximum absolute atomic E-state index is 13.0. The summed E-state index contributed by atoms with van der Waals surface area (Å²) in [5.74, 6) is 0.338. The third-order valence-corrected chi connectivity index (χ3v) is 7.71. The topological polar surface area (TPSA) is 183 Å². The Balaban J connectivity index is 1.50. The van der Waals surface area contributed by atoms with Crippen molar-refractivity contribution < 1.29 is 27.9 Å². The number of aliphatic imine (C=N–C) groups is 1. The zero-order valence-corrected chi connectivity index (χ0v) is 22.9. The number of primary amides is 1. The number of morpholine rings is 1. The molecule has 1 amide bonds. The number of nitriles is 1. The standard InChI is InChI=1S/C26H35N7O6S/c27-20-31-26(30-14-15-32-16-18-38-19-17-32)29-13-5-4-8-24(25(28)34)33(35)40(36,37)23-11-9-22(10-12-23)39-21-6-2-1-3-7-21/h1-3,6-7,9-12,24,35H,4-5,8,13-19H2,(H2,28,34)(H2,29,30,31)/t24-/m1/s1. The van der Waals surface area contributed by atoms with E-state index in [4.69, 9.17) is 20.5 Å². The number of hydrogen-bond acceptors (Lipinski definition) is 9. The van der Waals surface area contributed by atoms with Gasteiger partial charge in [0.1, 0.15) is 17.5 Å². The van der Waals surface area contributed by atoms with E-state index in [0.29, 0.717) is 56.6 Å². The number of rotatable bonds is 14. The third-order valence-electron chi connectivity index (χ3n) is 6.10. The van der Waals surface area contributed by atoms with Crippen LogP contribution >= 0.6 is 0 Å². The highest BCUT2D eigenvalue weighted by Gasteiger charge is 2.33. The molecule has 0 saturated carbocycles. The lowest BCUT2D eigenvalue weighted by Crippen LogP contribution is -2.46. The molecular weight excluding hydrogens is 538 g/mol. The number of ether oxygens (including phenoxy) is 2. The van der Waals surface area contributed by atoms with Gasteiger partial charge in [-0.2, -0.15) is 5.26 Å². The van der Waals surface area contributed by atoms with Crippen LogP contribution in [-0.2, 0) is 19.6 Å². The van der Waals surface area contributed by atoms with Gasteiger partial charge in [0.05, 0.1) is 18.1 Å². The van der Waals surface area contributed by atoms with Crippen molar-refractivity contribution in [3.05, 3.63) is 54.6 Å². The summed E-state index contributed by atoms with van der Waals surface area (Å²) in [7, 11) is -4.42. The molecule has 1 heterocycles. The van der Waals surface area contributed by atoms with E-state index in [1.807, 2.05) is 12.3 Å². The number of sulfonamides is 1. The van der Waals surface area contributed by atoms with Crippen molar-refractivity contribution in [1.82, 2.24) is 20.0 Å². The molecule has 0 spiro atoms. The monoisotopic (exact) mass is 573 g/mol. The van der Waals surface area contributed by atoms with E-state index in [0.717, 1.165) is 19.6 Å². The summed E-state index contributed by atoms with van der Waals surface area (Å²) in [4.78, 5) is 18.4. The Morgan fingerprint density at radius 1 is 1.15 bits per heavy atom. The van der Waals surface area contributed by atoms with Gasteiger partial charge in [0.25, 0.3) is 10.0 Å². The average Bonchev–Trinajstić information content (AvgIpc) is 2.96. The molecule has 0 unspecified atom stereocenters. The van der Waals surface area contributed by atoms with Crippen LogP contribution in [0.15, 0.2) is 64.5 Å². The normalized spacial score (nSPS) is 15.3. The van der Waals surface area contributed by atoms with Gasteiger partial charge in [-0.05, 0) is 55.7 Å². The van der Waals surface area contributed by atoms with Crippen molar-refractivity contribution in [2.75, 3.05) is 45.9 Å². The molecule has 5 N–H and O–H groups in total. The van der Waals surface area contributed by atoms with Gasteiger partial charge in [-0.3, -0.25) is 25.2 Å². The molecule has 40 heavy (non-hydrogen) atoms. The molecule has 2 aromatic rings. The van der Waals surface area contributed by atoms with Gasteiger partial charge in [0.2, 0.25) is 11.9 Å². The number of hydrogen-bond donors (Lipinski definition) is 4. The van der Waals surface area contributed by atoms with Gasteiger partial charge in [0.15, 0.2) is 6.19 Å². The first kappa shape index (κ1) is 30.8. The van der Waals surface area contributed by atoms with Crippen molar-refractivity contribution in [3.8, 4) is 17.7 Å². The van der Waals surface area contributed by atoms with E-state index in [1.54, 1.807) is 24.3 Å². The van der Waals surface area contributed by atoms with Gasteiger partial charge in [-0.25, -0.2) is 8.42 Å². The van der Waals surface area contributed by atoms with Crippen LogP contribution in [0.4, 0.5) is 0 Å². The van der Waals surface area contributed by atoms with E-state index in [2.05, 4.69) is 20.5 Å². The molecule has 0 aliphatic carbocycles. The van der Waals surface area contributed by atoms with E-state index >= 15 is 0 Å². The predicted molar refractivity (Wildman–Crippen MR) is 147 cm³/mol. The van der Waals surface area contributed by atoms with E-state index in [9.17, 15) is 18.4 Å². The van der Waals surface area contributed by atoms with Crippen LogP contribution in [0.5, 0.6) is 11.5 Å². The SMILES string of the molecule is N#CNC(=NCCCC[C@H](C(N)=O)N(O)S(=O)(=O)c1ccc(Oc2ccccc2)cc1)NCCN1CCOCC1. The molecular formula is C26H35N7O6S. The van der Waals surface area contributed by atoms with Crippen LogP contribution in [-0.4, -0.2) is 86.8 Å². The van der Waals surface area contributed by atoms with Gasteiger partial charge in [-0.15, -0.1) is 0 Å². The van der Waals surface area contributed by atoms with Crippen LogP contribution in [0.25, 0.3) is 0 Å². The number of guanidine groups is 1. The Morgan fingerprint density at radius 2 is 1.82 bits per heavy atom. The van der Waals surface area contributed by atoms with Crippen molar-refractivity contribution in [2.24, 2.45) is 10.7 Å². The molecule has 0 bridgehead atoms. The molecule has 1 saturated heterocycles. The quantitative estimate of drug-likeness (QED) is 0.0640. The average molecular weight is 574 g/mol. The van der Waals surface area contributed by atoms with Crippen molar-refractivity contribution in [2.45, 2.75) is 30.2 Å². The molecule has 14 heteroatoms. The van der Waals surface area contributed by atoms with Gasteiger partial charge in [0, 0.05) is 32.7 Å². The highest BCUT2D eigenvalue weighted by molar-refractivity contribution is 7.89. The number of nitrogens with zero attached hydrogens (tertiary/aromatic N) is 4. The minimum absolute atomic E-state index is 0.0126. The fourth-order valence-electron chi connectivity index (χ4n) is 3.93. The maximum atomic E-state index is 13.0. The Kier molecular flexibility index (Phi) is 12.1. The number of amides is 1. The van der Waals surface area contributed by atoms with Crippen molar-refractivity contribution >= 4 is 21.9 Å². The van der Waals surface area contributed by atoms with Crippen LogP contribution in [0.1, 0.15) is 19.3 Å². The molecule has 3 rings (SSSR count). The fourth-order valence-corrected chi connectivity index (χ4v) is 5.17. The summed E-state index contributed by atoms with van der Waals surface area (Å²) in [6.07, 6.45) is 2.64. The van der Waals surface area contributed by atoms with E-state index < -0.39 is 22.0 Å². The summed E-state index contributed by atoms with van der Waals surface area (Å²) in [6, 6.07) is 13.0. The number of carbonyl (C=O) groups excluding carboxylic acids is 1. The van der Waals surface area contributed by atoms with Gasteiger partial charge in [-0.1, -0.05) is 22.7 Å². The predicted octanol–water partition coefficient (Wildman–Crippen LogP) is 1.23. The first-order valence-corrected chi connectivity index (χ1v) is 14.3. The fraction of sp³-hybridized carbons (Fsp3) is 0.423. The zero-order chi connectivity index (χ0) is 28.8. The lowest BCUT2D eigenvalue weighted by molar-refractivity contribution is -0.131. The third kappa shape index (κ3) is 9.47.